The second-order valence-corrected chi connectivity index (χ2v) is 8.34. The molecule has 2 rings (SSSR count). The zero-order chi connectivity index (χ0) is 15.4. The van der Waals surface area contributed by atoms with Gasteiger partial charge in [0.25, 0.3) is 0 Å². The fourth-order valence-corrected chi connectivity index (χ4v) is 4.51. The number of hydrogen-bond donors (Lipinski definition) is 0. The summed E-state index contributed by atoms with van der Waals surface area (Å²) in [4.78, 5) is 0.536. The van der Waals surface area contributed by atoms with Crippen molar-refractivity contribution >= 4 is 15.9 Å². The molecule has 0 saturated heterocycles. The van der Waals surface area contributed by atoms with Crippen LogP contribution in [-0.4, -0.2) is 0 Å². The lowest BCUT2D eigenvalue weighted by molar-refractivity contribution is 0.452. The Labute approximate surface area is 139 Å². The van der Waals surface area contributed by atoms with Crippen molar-refractivity contribution in [3.05, 3.63) is 34.9 Å². The largest absolute Gasteiger partial charge is 0.0836 e. The van der Waals surface area contributed by atoms with E-state index in [9.17, 15) is 0 Å². The van der Waals surface area contributed by atoms with Crippen LogP contribution < -0.4 is 0 Å². The minimum Gasteiger partial charge on any atom is -0.0836 e. The molecule has 0 heterocycles. The third-order valence-electron chi connectivity index (χ3n) is 5.01. The molecule has 0 radical (unpaired) electrons. The summed E-state index contributed by atoms with van der Waals surface area (Å²) in [7, 11) is 0. The maximum absolute atomic E-state index is 4.06. The topological polar surface area (TPSA) is 0 Å². The minimum absolute atomic E-state index is 0.536. The molecule has 1 unspecified atom stereocenters. The summed E-state index contributed by atoms with van der Waals surface area (Å²) in [5, 5.41) is 0. The van der Waals surface area contributed by atoms with E-state index in [1.807, 2.05) is 0 Å². The van der Waals surface area contributed by atoms with Crippen LogP contribution in [0.3, 0.4) is 0 Å². The van der Waals surface area contributed by atoms with E-state index in [2.05, 4.69) is 61.8 Å². The minimum atomic E-state index is 0.536. The van der Waals surface area contributed by atoms with Gasteiger partial charge in [-0.1, -0.05) is 87.5 Å². The fourth-order valence-electron chi connectivity index (χ4n) is 3.56. The Hall–Kier alpha value is -0.300. The average molecular weight is 351 g/mol. The molecule has 1 aromatic carbocycles. The fraction of sp³-hybridized carbons (Fsp3) is 0.700. The van der Waals surface area contributed by atoms with Gasteiger partial charge in [0.2, 0.25) is 0 Å². The van der Waals surface area contributed by atoms with Crippen LogP contribution in [0, 0.1) is 5.92 Å². The molecular formula is C20H31Br. The Bertz CT molecular complexity index is 439. The highest BCUT2D eigenvalue weighted by Crippen LogP contribution is 2.42. The van der Waals surface area contributed by atoms with Gasteiger partial charge in [-0.15, -0.1) is 0 Å². The van der Waals surface area contributed by atoms with Crippen LogP contribution in [0.4, 0.5) is 0 Å². The van der Waals surface area contributed by atoms with E-state index in [1.165, 1.54) is 44.1 Å². The maximum Gasteiger partial charge on any atom is 0.0426 e. The smallest absolute Gasteiger partial charge is 0.0426 e. The summed E-state index contributed by atoms with van der Waals surface area (Å²) in [6.45, 7) is 9.23. The first-order valence-corrected chi connectivity index (χ1v) is 9.70. The summed E-state index contributed by atoms with van der Waals surface area (Å²) in [6, 6.07) is 7.20. The van der Waals surface area contributed by atoms with Crippen LogP contribution in [-0.2, 0) is 0 Å². The first-order valence-electron chi connectivity index (χ1n) is 8.78. The molecule has 1 aliphatic rings. The molecule has 21 heavy (non-hydrogen) atoms. The monoisotopic (exact) mass is 350 g/mol. The van der Waals surface area contributed by atoms with Crippen LogP contribution in [0.25, 0.3) is 0 Å². The normalized spacial score (nSPS) is 19.0. The third kappa shape index (κ3) is 4.34. The molecule has 0 amide bonds. The first kappa shape index (κ1) is 17.1. The zero-order valence-electron chi connectivity index (χ0n) is 14.2. The van der Waals surface area contributed by atoms with Gasteiger partial charge in [-0.3, -0.25) is 0 Å². The van der Waals surface area contributed by atoms with Gasteiger partial charge in [-0.05, 0) is 47.3 Å². The number of alkyl halides is 1. The van der Waals surface area contributed by atoms with Gasteiger partial charge in [-0.2, -0.15) is 0 Å². The summed E-state index contributed by atoms with van der Waals surface area (Å²) < 4.78 is 0. The number of benzene rings is 1. The molecule has 118 valence electrons. The predicted octanol–water partition coefficient (Wildman–Crippen LogP) is 7.34. The lowest BCUT2D eigenvalue weighted by Crippen LogP contribution is -2.10. The standard InChI is InChI=1S/C20H31Br/c1-14(2)17-11-12-18(19(13-17)15(3)4)20(21)16-9-7-5-6-8-10-16/h11-16,20H,5-10H2,1-4H3. The van der Waals surface area contributed by atoms with E-state index in [1.54, 1.807) is 11.1 Å². The van der Waals surface area contributed by atoms with Crippen molar-refractivity contribution in [1.29, 1.82) is 0 Å². The van der Waals surface area contributed by atoms with Gasteiger partial charge in [0.1, 0.15) is 0 Å². The number of rotatable bonds is 4. The highest BCUT2D eigenvalue weighted by atomic mass is 79.9. The van der Waals surface area contributed by atoms with E-state index in [0.717, 1.165) is 5.92 Å². The van der Waals surface area contributed by atoms with Crippen molar-refractivity contribution < 1.29 is 0 Å². The van der Waals surface area contributed by atoms with Gasteiger partial charge >= 0.3 is 0 Å². The van der Waals surface area contributed by atoms with E-state index in [0.29, 0.717) is 16.7 Å². The van der Waals surface area contributed by atoms with Crippen LogP contribution in [0.15, 0.2) is 18.2 Å². The predicted molar refractivity (Wildman–Crippen MR) is 97.5 cm³/mol. The van der Waals surface area contributed by atoms with Crippen LogP contribution in [0.2, 0.25) is 0 Å². The molecule has 0 nitrogen and oxygen atoms in total. The third-order valence-corrected chi connectivity index (χ3v) is 6.25. The lowest BCUT2D eigenvalue weighted by atomic mass is 9.85. The molecule has 1 fully saturated rings. The Morgan fingerprint density at radius 2 is 1.48 bits per heavy atom. The maximum atomic E-state index is 4.06. The lowest BCUT2D eigenvalue weighted by Gasteiger charge is -2.26. The van der Waals surface area contributed by atoms with E-state index in [-0.39, 0.29) is 0 Å². The van der Waals surface area contributed by atoms with Gasteiger partial charge in [0, 0.05) is 4.83 Å². The summed E-state index contributed by atoms with van der Waals surface area (Å²) >= 11 is 4.06. The van der Waals surface area contributed by atoms with Gasteiger partial charge < -0.3 is 0 Å². The molecular weight excluding hydrogens is 320 g/mol. The molecule has 1 saturated carbocycles. The molecule has 0 spiro atoms. The van der Waals surface area contributed by atoms with Crippen molar-refractivity contribution in [2.45, 2.75) is 82.9 Å². The van der Waals surface area contributed by atoms with E-state index < -0.39 is 0 Å². The quantitative estimate of drug-likeness (QED) is 0.393. The number of halogens is 1. The molecule has 1 aliphatic carbocycles. The summed E-state index contributed by atoms with van der Waals surface area (Å²) in [5.74, 6) is 2.03. The van der Waals surface area contributed by atoms with Gasteiger partial charge in [0.05, 0.1) is 0 Å². The Morgan fingerprint density at radius 1 is 0.857 bits per heavy atom. The van der Waals surface area contributed by atoms with Gasteiger partial charge in [-0.25, -0.2) is 0 Å². The van der Waals surface area contributed by atoms with E-state index >= 15 is 0 Å². The van der Waals surface area contributed by atoms with Crippen molar-refractivity contribution in [3.8, 4) is 0 Å². The first-order chi connectivity index (χ1) is 10.0. The zero-order valence-corrected chi connectivity index (χ0v) is 15.7. The molecule has 0 aliphatic heterocycles. The van der Waals surface area contributed by atoms with Crippen LogP contribution >= 0.6 is 15.9 Å². The molecule has 1 aromatic rings. The molecule has 1 heteroatoms. The molecule has 0 bridgehead atoms. The van der Waals surface area contributed by atoms with Crippen LogP contribution in [0.5, 0.6) is 0 Å². The number of hydrogen-bond acceptors (Lipinski definition) is 0. The second kappa shape index (κ2) is 7.81. The molecule has 0 N–H and O–H groups in total. The summed E-state index contributed by atoms with van der Waals surface area (Å²) in [6.07, 6.45) is 8.46. The van der Waals surface area contributed by atoms with E-state index in [4.69, 9.17) is 0 Å². The average Bonchev–Trinajstić information content (AvgIpc) is 2.74. The highest BCUT2D eigenvalue weighted by molar-refractivity contribution is 9.09. The molecule has 1 atom stereocenters. The van der Waals surface area contributed by atoms with Crippen molar-refractivity contribution in [3.63, 3.8) is 0 Å². The molecule has 0 aromatic heterocycles. The highest BCUT2D eigenvalue weighted by Gasteiger charge is 2.24. The van der Waals surface area contributed by atoms with Crippen LogP contribution in [0.1, 0.15) is 99.6 Å². The second-order valence-electron chi connectivity index (χ2n) is 7.35. The Morgan fingerprint density at radius 3 is 2.00 bits per heavy atom. The van der Waals surface area contributed by atoms with Crippen molar-refractivity contribution in [2.24, 2.45) is 5.92 Å². The van der Waals surface area contributed by atoms with Crippen molar-refractivity contribution in [2.75, 3.05) is 0 Å². The van der Waals surface area contributed by atoms with Crippen molar-refractivity contribution in [1.82, 2.24) is 0 Å². The Kier molecular flexibility index (Phi) is 6.34. The van der Waals surface area contributed by atoms with Gasteiger partial charge in [0.15, 0.2) is 0 Å². The Balaban J connectivity index is 2.28. The summed E-state index contributed by atoms with van der Waals surface area (Å²) in [5.41, 5.74) is 4.57. The SMILES string of the molecule is CC(C)c1ccc(C(Br)C2CCCCCC2)c(C(C)C)c1.